The van der Waals surface area contributed by atoms with Gasteiger partial charge in [0.2, 0.25) is 0 Å². The van der Waals surface area contributed by atoms with Gasteiger partial charge in [0.05, 0.1) is 10.5 Å². The highest BCUT2D eigenvalue weighted by Gasteiger charge is 2.33. The minimum atomic E-state index is -0.206. The highest BCUT2D eigenvalue weighted by atomic mass is 79.9. The minimum Gasteiger partial charge on any atom is -0.377 e. The SMILES string of the molecule is Cc1cc(F)c(Br)cc1NC(c1cccs1)C1CC1. The summed E-state index contributed by atoms with van der Waals surface area (Å²) in [4.78, 5) is 1.36. The van der Waals surface area contributed by atoms with Gasteiger partial charge in [0.25, 0.3) is 0 Å². The lowest BCUT2D eigenvalue weighted by atomic mass is 10.1. The third-order valence-corrected chi connectivity index (χ3v) is 5.08. The molecule has 0 saturated heterocycles. The topological polar surface area (TPSA) is 12.0 Å². The molecule has 0 radical (unpaired) electrons. The van der Waals surface area contributed by atoms with E-state index in [1.165, 1.54) is 17.7 Å². The van der Waals surface area contributed by atoms with Gasteiger partial charge in [-0.1, -0.05) is 6.07 Å². The zero-order valence-corrected chi connectivity index (χ0v) is 13.0. The van der Waals surface area contributed by atoms with Crippen molar-refractivity contribution in [3.05, 3.63) is 50.4 Å². The second-order valence-electron chi connectivity index (χ2n) is 5.06. The standard InChI is InChI=1S/C15H15BrFNS/c1-9-7-12(17)11(16)8-13(9)18-15(10-4-5-10)14-3-2-6-19-14/h2-3,6-8,10,15,18H,4-5H2,1H3. The maximum atomic E-state index is 13.5. The van der Waals surface area contributed by atoms with Crippen LogP contribution < -0.4 is 5.32 Å². The zero-order chi connectivity index (χ0) is 13.4. The molecule has 2 aromatic rings. The van der Waals surface area contributed by atoms with Crippen LogP contribution in [0.4, 0.5) is 10.1 Å². The maximum absolute atomic E-state index is 13.5. The highest BCUT2D eigenvalue weighted by molar-refractivity contribution is 9.10. The van der Waals surface area contributed by atoms with Crippen LogP contribution in [-0.2, 0) is 0 Å². The third kappa shape index (κ3) is 2.84. The van der Waals surface area contributed by atoms with Crippen LogP contribution in [-0.4, -0.2) is 0 Å². The highest BCUT2D eigenvalue weighted by Crippen LogP contribution is 2.44. The Bertz CT molecular complexity index is 578. The van der Waals surface area contributed by atoms with E-state index < -0.39 is 0 Å². The molecule has 1 aliphatic rings. The van der Waals surface area contributed by atoms with Crippen LogP contribution >= 0.6 is 27.3 Å². The monoisotopic (exact) mass is 339 g/mol. The van der Waals surface area contributed by atoms with E-state index in [4.69, 9.17) is 0 Å². The van der Waals surface area contributed by atoms with Gasteiger partial charge in [-0.2, -0.15) is 0 Å². The number of anilines is 1. The fraction of sp³-hybridized carbons (Fsp3) is 0.333. The van der Waals surface area contributed by atoms with E-state index >= 15 is 0 Å². The van der Waals surface area contributed by atoms with E-state index in [0.717, 1.165) is 11.3 Å². The van der Waals surface area contributed by atoms with Crippen molar-refractivity contribution >= 4 is 33.0 Å². The minimum absolute atomic E-state index is 0.206. The van der Waals surface area contributed by atoms with Crippen LogP contribution in [0.3, 0.4) is 0 Å². The smallest absolute Gasteiger partial charge is 0.137 e. The number of hydrogen-bond acceptors (Lipinski definition) is 2. The van der Waals surface area contributed by atoms with Gasteiger partial charge in [-0.25, -0.2) is 4.39 Å². The third-order valence-electron chi connectivity index (χ3n) is 3.52. The number of aryl methyl sites for hydroxylation is 1. The predicted octanol–water partition coefficient (Wildman–Crippen LogP) is 5.52. The van der Waals surface area contributed by atoms with Gasteiger partial charge in [-0.15, -0.1) is 11.3 Å². The first-order valence-electron chi connectivity index (χ1n) is 6.41. The Morgan fingerprint density at radius 2 is 2.21 bits per heavy atom. The molecular weight excluding hydrogens is 325 g/mol. The number of rotatable bonds is 4. The lowest BCUT2D eigenvalue weighted by Gasteiger charge is -2.20. The van der Waals surface area contributed by atoms with Crippen molar-refractivity contribution in [1.82, 2.24) is 0 Å². The fourth-order valence-electron chi connectivity index (χ4n) is 2.29. The van der Waals surface area contributed by atoms with Crippen molar-refractivity contribution < 1.29 is 4.39 Å². The number of halogens is 2. The first-order valence-corrected chi connectivity index (χ1v) is 8.08. The molecule has 0 aliphatic heterocycles. The zero-order valence-electron chi connectivity index (χ0n) is 10.6. The van der Waals surface area contributed by atoms with E-state index in [0.29, 0.717) is 16.4 Å². The Balaban J connectivity index is 1.88. The number of thiophene rings is 1. The summed E-state index contributed by atoms with van der Waals surface area (Å²) in [5, 5.41) is 5.70. The molecule has 1 nitrogen and oxygen atoms in total. The summed E-state index contributed by atoms with van der Waals surface area (Å²) in [6.45, 7) is 1.94. The van der Waals surface area contributed by atoms with E-state index in [1.54, 1.807) is 17.4 Å². The molecule has 1 aliphatic carbocycles. The molecule has 0 bridgehead atoms. The first kappa shape index (κ1) is 13.1. The van der Waals surface area contributed by atoms with Crippen LogP contribution in [0.2, 0.25) is 0 Å². The summed E-state index contributed by atoms with van der Waals surface area (Å²) in [5.41, 5.74) is 1.96. The fourth-order valence-corrected chi connectivity index (χ4v) is 3.50. The Kier molecular flexibility index (Phi) is 3.63. The molecule has 1 aromatic carbocycles. The summed E-state index contributed by atoms with van der Waals surface area (Å²) in [7, 11) is 0. The van der Waals surface area contributed by atoms with Crippen LogP contribution in [0, 0.1) is 18.7 Å². The van der Waals surface area contributed by atoms with Crippen LogP contribution in [0.5, 0.6) is 0 Å². The van der Waals surface area contributed by atoms with Gasteiger partial charge >= 0.3 is 0 Å². The molecule has 1 atom stereocenters. The average molecular weight is 340 g/mol. The molecule has 1 aromatic heterocycles. The van der Waals surface area contributed by atoms with Crippen molar-refractivity contribution in [3.63, 3.8) is 0 Å². The molecule has 1 unspecified atom stereocenters. The van der Waals surface area contributed by atoms with Crippen molar-refractivity contribution in [1.29, 1.82) is 0 Å². The van der Waals surface area contributed by atoms with Crippen molar-refractivity contribution in [2.75, 3.05) is 5.32 Å². The van der Waals surface area contributed by atoms with Crippen LogP contribution in [0.1, 0.15) is 29.3 Å². The van der Waals surface area contributed by atoms with Crippen LogP contribution in [0.15, 0.2) is 34.1 Å². The Morgan fingerprint density at radius 1 is 1.42 bits per heavy atom. The summed E-state index contributed by atoms with van der Waals surface area (Å²) >= 11 is 5.04. The molecule has 0 spiro atoms. The predicted molar refractivity (Wildman–Crippen MR) is 82.2 cm³/mol. The van der Waals surface area contributed by atoms with Crippen LogP contribution in [0.25, 0.3) is 0 Å². The Morgan fingerprint density at radius 3 is 2.84 bits per heavy atom. The summed E-state index contributed by atoms with van der Waals surface area (Å²) in [6, 6.07) is 8.04. The van der Waals surface area contributed by atoms with Gasteiger partial charge in [0.15, 0.2) is 0 Å². The quantitative estimate of drug-likeness (QED) is 0.773. The Hall–Kier alpha value is -0.870. The van der Waals surface area contributed by atoms with Gasteiger partial charge in [-0.05, 0) is 70.8 Å². The molecule has 1 N–H and O–H groups in total. The molecule has 100 valence electrons. The average Bonchev–Trinajstić information content (AvgIpc) is 3.07. The normalized spacial score (nSPS) is 16.4. The van der Waals surface area contributed by atoms with Gasteiger partial charge in [0, 0.05) is 10.6 Å². The second-order valence-corrected chi connectivity index (χ2v) is 6.89. The molecule has 1 saturated carbocycles. The molecule has 4 heteroatoms. The molecule has 0 amide bonds. The second kappa shape index (κ2) is 5.25. The molecule has 3 rings (SSSR count). The summed E-state index contributed by atoms with van der Waals surface area (Å²) in [6.07, 6.45) is 2.55. The largest absolute Gasteiger partial charge is 0.377 e. The molecule has 1 heterocycles. The summed E-state index contributed by atoms with van der Waals surface area (Å²) < 4.78 is 14.0. The van der Waals surface area contributed by atoms with Gasteiger partial charge in [-0.3, -0.25) is 0 Å². The lowest BCUT2D eigenvalue weighted by Crippen LogP contribution is -2.12. The number of benzene rings is 1. The van der Waals surface area contributed by atoms with Gasteiger partial charge < -0.3 is 5.32 Å². The van der Waals surface area contributed by atoms with E-state index in [2.05, 4.69) is 38.8 Å². The number of nitrogens with one attached hydrogen (secondary N) is 1. The summed E-state index contributed by atoms with van der Waals surface area (Å²) in [5.74, 6) is 0.504. The lowest BCUT2D eigenvalue weighted by molar-refractivity contribution is 0.619. The van der Waals surface area contributed by atoms with Crippen molar-refractivity contribution in [2.45, 2.75) is 25.8 Å². The van der Waals surface area contributed by atoms with E-state index in [1.807, 2.05) is 13.0 Å². The van der Waals surface area contributed by atoms with Gasteiger partial charge in [0.1, 0.15) is 5.82 Å². The number of hydrogen-bond donors (Lipinski definition) is 1. The molecular formula is C15H15BrFNS. The molecule has 1 fully saturated rings. The van der Waals surface area contributed by atoms with E-state index in [-0.39, 0.29) is 5.82 Å². The van der Waals surface area contributed by atoms with Crippen molar-refractivity contribution in [2.24, 2.45) is 5.92 Å². The first-order chi connectivity index (χ1) is 9.15. The molecule has 19 heavy (non-hydrogen) atoms. The van der Waals surface area contributed by atoms with Crippen molar-refractivity contribution in [3.8, 4) is 0 Å². The Labute approximate surface area is 125 Å². The maximum Gasteiger partial charge on any atom is 0.137 e. The van der Waals surface area contributed by atoms with E-state index in [9.17, 15) is 4.39 Å².